The Morgan fingerprint density at radius 1 is 0.915 bits per heavy atom. The molecule has 2 heterocycles. The number of Topliss-reactive ketones (excluding diaryl/α,β-unsaturated/α-hetero) is 1. The lowest BCUT2D eigenvalue weighted by Gasteiger charge is -2.37. The summed E-state index contributed by atoms with van der Waals surface area (Å²) in [6.07, 6.45) is 6.10. The minimum absolute atomic E-state index is 0.112. The van der Waals surface area contributed by atoms with Crippen LogP contribution < -0.4 is 4.90 Å². The largest absolute Gasteiger partial charge is 0.454 e. The van der Waals surface area contributed by atoms with Gasteiger partial charge in [0, 0.05) is 26.0 Å². The van der Waals surface area contributed by atoms with Crippen LogP contribution in [0.5, 0.6) is 0 Å². The molecule has 236 valence electrons. The van der Waals surface area contributed by atoms with Gasteiger partial charge in [-0.3, -0.25) is 19.3 Å². The highest BCUT2D eigenvalue weighted by Gasteiger charge is 2.67. The van der Waals surface area contributed by atoms with E-state index in [0.29, 0.717) is 51.1 Å². The number of aryl methyl sites for hydroxylation is 1. The third-order valence-electron chi connectivity index (χ3n) is 10.2. The van der Waals surface area contributed by atoms with E-state index >= 15 is 0 Å². The summed E-state index contributed by atoms with van der Waals surface area (Å²) in [6, 6.07) is 17.0. The lowest BCUT2D eigenvalue weighted by atomic mass is 9.63. The minimum Gasteiger partial charge on any atom is -0.454 e. The molecule has 9 rings (SSSR count). The Hall–Kier alpha value is -3.85. The number of amides is 2. The minimum atomic E-state index is -0.689. The van der Waals surface area contributed by atoms with Crippen LogP contribution in [0.25, 0.3) is 22.2 Å². The summed E-state index contributed by atoms with van der Waals surface area (Å²) in [7, 11) is 0. The van der Waals surface area contributed by atoms with Gasteiger partial charge in [-0.25, -0.2) is 9.78 Å². The summed E-state index contributed by atoms with van der Waals surface area (Å²) in [5.41, 5.74) is 3.73. The monoisotopic (exact) mass is 728 g/mol. The van der Waals surface area contributed by atoms with Gasteiger partial charge in [0.05, 0.1) is 39.3 Å². The van der Waals surface area contributed by atoms with E-state index in [9.17, 15) is 19.2 Å². The Morgan fingerprint density at radius 2 is 1.60 bits per heavy atom. The molecule has 4 aromatic rings. The quantitative estimate of drug-likeness (QED) is 0.0826. The van der Waals surface area contributed by atoms with Crippen molar-refractivity contribution < 1.29 is 23.9 Å². The predicted octanol–water partition coefficient (Wildman–Crippen LogP) is 8.13. The molecule has 0 N–H and O–H groups in total. The summed E-state index contributed by atoms with van der Waals surface area (Å²) in [5.74, 6) is -0.541. The van der Waals surface area contributed by atoms with Crippen molar-refractivity contribution in [3.8, 4) is 11.3 Å². The Kier molecular flexibility index (Phi) is 7.39. The van der Waals surface area contributed by atoms with Crippen molar-refractivity contribution >= 4 is 79.3 Å². The van der Waals surface area contributed by atoms with Crippen molar-refractivity contribution in [2.75, 3.05) is 11.5 Å². The van der Waals surface area contributed by atoms with E-state index in [0.717, 1.165) is 16.5 Å². The molecule has 7 nitrogen and oxygen atoms in total. The van der Waals surface area contributed by atoms with Crippen LogP contribution in [0.2, 0.25) is 10.0 Å². The van der Waals surface area contributed by atoms with Crippen molar-refractivity contribution in [3.05, 3.63) is 104 Å². The van der Waals surface area contributed by atoms with E-state index in [-0.39, 0.29) is 51.6 Å². The van der Waals surface area contributed by atoms with Crippen molar-refractivity contribution in [1.82, 2.24) is 4.98 Å². The van der Waals surface area contributed by atoms with Crippen LogP contribution in [0.4, 0.5) is 5.69 Å². The molecule has 6 atom stereocenters. The highest BCUT2D eigenvalue weighted by molar-refractivity contribution is 9.10. The predicted molar refractivity (Wildman–Crippen MR) is 183 cm³/mol. The first kappa shape index (κ1) is 30.5. The Morgan fingerprint density at radius 3 is 2.23 bits per heavy atom. The van der Waals surface area contributed by atoms with Gasteiger partial charge in [-0.1, -0.05) is 70.3 Å². The highest BCUT2D eigenvalue weighted by atomic mass is 79.9. The summed E-state index contributed by atoms with van der Waals surface area (Å²) >= 11 is 15.7. The van der Waals surface area contributed by atoms with Gasteiger partial charge in [0.2, 0.25) is 17.6 Å². The number of ketones is 1. The zero-order valence-electron chi connectivity index (χ0n) is 25.1. The summed E-state index contributed by atoms with van der Waals surface area (Å²) in [5, 5.41) is 1.14. The van der Waals surface area contributed by atoms with Crippen LogP contribution in [0.1, 0.15) is 39.6 Å². The number of carbonyl (C=O) groups is 4. The van der Waals surface area contributed by atoms with Gasteiger partial charge < -0.3 is 4.74 Å². The number of benzene rings is 3. The van der Waals surface area contributed by atoms with Gasteiger partial charge in [0.1, 0.15) is 0 Å². The van der Waals surface area contributed by atoms with Crippen LogP contribution in [-0.2, 0) is 20.7 Å². The fourth-order valence-electron chi connectivity index (χ4n) is 7.94. The van der Waals surface area contributed by atoms with E-state index in [1.807, 2.05) is 25.1 Å². The number of aromatic nitrogens is 1. The number of carbonyl (C=O) groups excluding carboxylic acids is 4. The van der Waals surface area contributed by atoms with Crippen LogP contribution in [0.15, 0.2) is 77.3 Å². The van der Waals surface area contributed by atoms with E-state index in [1.54, 1.807) is 30.3 Å². The van der Waals surface area contributed by atoms with Crippen LogP contribution in [-0.4, -0.2) is 35.2 Å². The number of rotatable bonds is 7. The summed E-state index contributed by atoms with van der Waals surface area (Å²) in [6.45, 7) is 1.49. The number of hydrogen-bond acceptors (Lipinski definition) is 6. The Bertz CT molecular complexity index is 2040. The van der Waals surface area contributed by atoms with Crippen molar-refractivity contribution in [1.29, 1.82) is 0 Å². The van der Waals surface area contributed by atoms with E-state index in [4.69, 9.17) is 32.9 Å². The van der Waals surface area contributed by atoms with Crippen molar-refractivity contribution in [2.45, 2.75) is 19.8 Å². The van der Waals surface area contributed by atoms with E-state index in [2.05, 4.69) is 28.1 Å². The number of fused-ring (bicyclic) bond motifs is 1. The molecule has 6 unspecified atom stereocenters. The average molecular weight is 730 g/mol. The van der Waals surface area contributed by atoms with Crippen LogP contribution in [0, 0.1) is 35.5 Å². The molecule has 0 radical (unpaired) electrons. The normalized spacial score (nSPS) is 25.2. The van der Waals surface area contributed by atoms with Crippen molar-refractivity contribution in [3.63, 3.8) is 0 Å². The molecule has 1 aliphatic heterocycles. The lowest BCUT2D eigenvalue weighted by molar-refractivity contribution is -0.124. The van der Waals surface area contributed by atoms with Crippen LogP contribution >= 0.6 is 39.1 Å². The second-order valence-electron chi connectivity index (χ2n) is 12.7. The SMILES string of the molecule is CCc1cc(Br)cc2c(C(=O)OCC(=O)c3ccc(Cl)cc3Cl)cc(-c3ccc(N4C(=O)C5C6C=CC(C7CC67)C5C4=O)cc3)nc12. The molecule has 1 saturated heterocycles. The third kappa shape index (κ3) is 4.95. The average Bonchev–Trinajstić information content (AvgIpc) is 3.85. The van der Waals surface area contributed by atoms with Gasteiger partial charge in [0.25, 0.3) is 0 Å². The lowest BCUT2D eigenvalue weighted by Crippen LogP contribution is -2.40. The molecule has 2 amide bonds. The molecule has 47 heavy (non-hydrogen) atoms. The van der Waals surface area contributed by atoms with Crippen LogP contribution in [0.3, 0.4) is 0 Å². The molecule has 3 aromatic carbocycles. The maximum Gasteiger partial charge on any atom is 0.339 e. The van der Waals surface area contributed by atoms with E-state index in [1.165, 1.54) is 17.0 Å². The molecule has 0 spiro atoms. The number of nitrogens with zero attached hydrogens (tertiary/aromatic N) is 2. The fourth-order valence-corrected chi connectivity index (χ4v) is 8.96. The first-order valence-electron chi connectivity index (χ1n) is 15.6. The highest BCUT2D eigenvalue weighted by Crippen LogP contribution is 2.65. The second-order valence-corrected chi connectivity index (χ2v) is 14.5. The van der Waals surface area contributed by atoms with Crippen molar-refractivity contribution in [2.24, 2.45) is 35.5 Å². The number of pyridine rings is 1. The van der Waals surface area contributed by atoms with Gasteiger partial charge in [0.15, 0.2) is 6.61 Å². The molecular weight excluding hydrogens is 703 g/mol. The maximum atomic E-state index is 13.6. The maximum absolute atomic E-state index is 13.6. The van der Waals surface area contributed by atoms with Gasteiger partial charge >= 0.3 is 5.97 Å². The number of allylic oxidation sites excluding steroid dienone is 2. The topological polar surface area (TPSA) is 93.6 Å². The Balaban J connectivity index is 1.10. The number of imide groups is 1. The summed E-state index contributed by atoms with van der Waals surface area (Å²) in [4.78, 5) is 60.0. The number of anilines is 1. The molecule has 3 fully saturated rings. The summed E-state index contributed by atoms with van der Waals surface area (Å²) < 4.78 is 6.30. The molecule has 2 bridgehead atoms. The van der Waals surface area contributed by atoms with Gasteiger partial charge in [-0.15, -0.1) is 0 Å². The molecule has 10 heteroatoms. The number of ether oxygens (including phenoxy) is 1. The molecular formula is C37H27BrCl2N2O5. The molecule has 2 saturated carbocycles. The Labute approximate surface area is 289 Å². The number of esters is 1. The standard InChI is InChI=1S/C37H27BrCl2N2O5/c1-2-17-11-19(38)12-27-28(37(46)47-16-31(43)24-8-5-20(39)13-29(24)40)15-30(41-34(17)27)18-3-6-21(7-4-18)42-35(44)32-22-9-10-23(26-14-25(22)26)33(32)36(42)45/h3-13,15,22-23,25-26,32-33H,2,14,16H2,1H3. The van der Waals surface area contributed by atoms with Gasteiger partial charge in [-0.05, 0) is 90.6 Å². The zero-order chi connectivity index (χ0) is 32.7. The number of halogens is 3. The molecule has 4 aliphatic carbocycles. The fraction of sp³-hybridized carbons (Fsp3) is 0.270. The first-order valence-corrected chi connectivity index (χ1v) is 17.1. The second kappa shape index (κ2) is 11.4. The van der Waals surface area contributed by atoms with Gasteiger partial charge in [-0.2, -0.15) is 0 Å². The first-order chi connectivity index (χ1) is 22.6. The molecule has 1 aromatic heterocycles. The van der Waals surface area contributed by atoms with E-state index < -0.39 is 18.4 Å². The molecule has 5 aliphatic rings. The number of hydrogen-bond donors (Lipinski definition) is 0. The zero-order valence-corrected chi connectivity index (χ0v) is 28.2. The third-order valence-corrected chi connectivity index (χ3v) is 11.2. The smallest absolute Gasteiger partial charge is 0.339 e.